The molecule has 0 unspecified atom stereocenters. The number of carbonyl (C=O) groups excluding carboxylic acids is 2. The van der Waals surface area contributed by atoms with Crippen LogP contribution in [0.15, 0.2) is 48.5 Å². The Morgan fingerprint density at radius 1 is 1.04 bits per heavy atom. The molecule has 6 heteroatoms. The van der Waals surface area contributed by atoms with Crippen molar-refractivity contribution in [2.24, 2.45) is 0 Å². The molecule has 0 saturated carbocycles. The monoisotopic (exact) mass is 358 g/mol. The largest absolute Gasteiger partial charge is 0.349 e. The summed E-state index contributed by atoms with van der Waals surface area (Å²) in [5, 5.41) is 2.77. The Balaban J connectivity index is 1.50. The van der Waals surface area contributed by atoms with E-state index in [1.54, 1.807) is 4.90 Å². The summed E-state index contributed by atoms with van der Waals surface area (Å²) >= 11 is 0. The zero-order valence-corrected chi connectivity index (χ0v) is 14.3. The minimum atomic E-state index is -0.877. The highest BCUT2D eigenvalue weighted by Crippen LogP contribution is 2.15. The number of amides is 2. The molecular weight excluding hydrogens is 338 g/mol. The summed E-state index contributed by atoms with van der Waals surface area (Å²) in [7, 11) is 0. The van der Waals surface area contributed by atoms with E-state index in [0.717, 1.165) is 17.7 Å². The van der Waals surface area contributed by atoms with Crippen molar-refractivity contribution in [1.29, 1.82) is 0 Å². The van der Waals surface area contributed by atoms with Crippen LogP contribution in [-0.2, 0) is 11.2 Å². The van der Waals surface area contributed by atoms with E-state index < -0.39 is 17.5 Å². The average molecular weight is 358 g/mol. The highest BCUT2D eigenvalue weighted by atomic mass is 19.1. The molecule has 1 aliphatic heterocycles. The summed E-state index contributed by atoms with van der Waals surface area (Å²) in [5.74, 6) is -2.09. The Kier molecular flexibility index (Phi) is 5.61. The Morgan fingerprint density at radius 3 is 2.38 bits per heavy atom. The third kappa shape index (κ3) is 4.45. The number of hydrogen-bond acceptors (Lipinski definition) is 2. The summed E-state index contributed by atoms with van der Waals surface area (Å²) in [4.78, 5) is 26.3. The van der Waals surface area contributed by atoms with Crippen molar-refractivity contribution in [3.8, 4) is 0 Å². The number of hydrogen-bond donors (Lipinski definition) is 1. The van der Waals surface area contributed by atoms with Gasteiger partial charge < -0.3 is 10.2 Å². The van der Waals surface area contributed by atoms with Crippen LogP contribution in [0.2, 0.25) is 0 Å². The normalized spacial score (nSPS) is 14.9. The van der Waals surface area contributed by atoms with Crippen LogP contribution >= 0.6 is 0 Å². The van der Waals surface area contributed by atoms with Crippen molar-refractivity contribution < 1.29 is 18.4 Å². The van der Waals surface area contributed by atoms with Crippen molar-refractivity contribution in [2.45, 2.75) is 25.3 Å². The molecule has 136 valence electrons. The van der Waals surface area contributed by atoms with Crippen LogP contribution in [0.4, 0.5) is 8.78 Å². The van der Waals surface area contributed by atoms with Gasteiger partial charge in [0, 0.05) is 25.2 Å². The van der Waals surface area contributed by atoms with Crippen molar-refractivity contribution in [2.75, 3.05) is 13.1 Å². The average Bonchev–Trinajstić information content (AvgIpc) is 2.63. The highest BCUT2D eigenvalue weighted by Gasteiger charge is 2.25. The van der Waals surface area contributed by atoms with Gasteiger partial charge in [0.25, 0.3) is 5.91 Å². The lowest BCUT2D eigenvalue weighted by molar-refractivity contribution is -0.131. The molecule has 0 bridgehead atoms. The summed E-state index contributed by atoms with van der Waals surface area (Å²) in [6, 6.07) is 12.3. The van der Waals surface area contributed by atoms with E-state index in [-0.39, 0.29) is 17.5 Å². The summed E-state index contributed by atoms with van der Waals surface area (Å²) in [6.07, 6.45) is 1.57. The van der Waals surface area contributed by atoms with Crippen LogP contribution in [0.25, 0.3) is 0 Å². The zero-order chi connectivity index (χ0) is 18.5. The molecule has 0 radical (unpaired) electrons. The van der Waals surface area contributed by atoms with Crippen LogP contribution in [0.1, 0.15) is 28.8 Å². The first kappa shape index (κ1) is 18.0. The van der Waals surface area contributed by atoms with Crippen molar-refractivity contribution >= 4 is 11.8 Å². The van der Waals surface area contributed by atoms with Crippen molar-refractivity contribution in [3.05, 3.63) is 71.3 Å². The lowest BCUT2D eigenvalue weighted by atomic mass is 10.0. The van der Waals surface area contributed by atoms with E-state index in [1.165, 1.54) is 0 Å². The molecule has 2 aromatic carbocycles. The van der Waals surface area contributed by atoms with E-state index in [9.17, 15) is 18.4 Å². The molecule has 2 aromatic rings. The van der Waals surface area contributed by atoms with Crippen LogP contribution in [-0.4, -0.2) is 35.8 Å². The van der Waals surface area contributed by atoms with Crippen LogP contribution in [0.3, 0.4) is 0 Å². The molecule has 1 heterocycles. The summed E-state index contributed by atoms with van der Waals surface area (Å²) in [6.45, 7) is 1.09. The topological polar surface area (TPSA) is 49.4 Å². The van der Waals surface area contributed by atoms with Gasteiger partial charge in [0.1, 0.15) is 11.6 Å². The Labute approximate surface area is 150 Å². The summed E-state index contributed by atoms with van der Waals surface area (Å²) < 4.78 is 26.6. The molecule has 1 aliphatic rings. The molecule has 0 aliphatic carbocycles. The number of benzene rings is 2. The van der Waals surface area contributed by atoms with Crippen molar-refractivity contribution in [3.63, 3.8) is 0 Å². The predicted molar refractivity (Wildman–Crippen MR) is 93.6 cm³/mol. The number of nitrogens with zero attached hydrogens (tertiary/aromatic N) is 1. The quantitative estimate of drug-likeness (QED) is 0.914. The Bertz CT molecular complexity index is 788. The maximum Gasteiger partial charge on any atom is 0.254 e. The number of carbonyl (C=O) groups is 2. The van der Waals surface area contributed by atoms with E-state index in [1.807, 2.05) is 30.3 Å². The van der Waals surface area contributed by atoms with Gasteiger partial charge in [-0.3, -0.25) is 9.59 Å². The standard InChI is InChI=1S/C20H20F2N2O2/c21-15-6-7-17(18(22)13-15)20(26)23-16-8-10-24(11-9-16)19(25)12-14-4-2-1-3-5-14/h1-7,13,16H,8-12H2,(H,23,26). The SMILES string of the molecule is O=C(NC1CCN(C(=O)Cc2ccccc2)CC1)c1ccc(F)cc1F. The van der Waals surface area contributed by atoms with Crippen LogP contribution in [0.5, 0.6) is 0 Å². The number of likely N-dealkylation sites (tertiary alicyclic amines) is 1. The molecule has 2 amide bonds. The number of piperidine rings is 1. The number of nitrogens with one attached hydrogen (secondary N) is 1. The van der Waals surface area contributed by atoms with E-state index in [0.29, 0.717) is 38.4 Å². The van der Waals surface area contributed by atoms with Crippen LogP contribution in [0, 0.1) is 11.6 Å². The second-order valence-corrected chi connectivity index (χ2v) is 6.42. The van der Waals surface area contributed by atoms with Gasteiger partial charge in [-0.15, -0.1) is 0 Å². The maximum atomic E-state index is 13.7. The fourth-order valence-corrected chi connectivity index (χ4v) is 3.09. The third-order valence-corrected chi connectivity index (χ3v) is 4.56. The molecule has 1 N–H and O–H groups in total. The highest BCUT2D eigenvalue weighted by molar-refractivity contribution is 5.94. The maximum absolute atomic E-state index is 13.7. The molecule has 3 rings (SSSR count). The molecular formula is C20H20F2N2O2. The lowest BCUT2D eigenvalue weighted by Crippen LogP contribution is -2.47. The van der Waals surface area contributed by atoms with Gasteiger partial charge in [-0.25, -0.2) is 8.78 Å². The first-order valence-corrected chi connectivity index (χ1v) is 8.60. The molecule has 1 saturated heterocycles. The fraction of sp³-hybridized carbons (Fsp3) is 0.300. The van der Waals surface area contributed by atoms with Crippen molar-refractivity contribution in [1.82, 2.24) is 10.2 Å². The molecule has 0 spiro atoms. The summed E-state index contributed by atoms with van der Waals surface area (Å²) in [5.41, 5.74) is 0.800. The van der Waals surface area contributed by atoms with Gasteiger partial charge >= 0.3 is 0 Å². The van der Waals surface area contributed by atoms with Gasteiger partial charge in [-0.2, -0.15) is 0 Å². The lowest BCUT2D eigenvalue weighted by Gasteiger charge is -2.32. The minimum absolute atomic E-state index is 0.0607. The molecule has 0 aromatic heterocycles. The second-order valence-electron chi connectivity index (χ2n) is 6.42. The van der Waals surface area contributed by atoms with E-state index in [4.69, 9.17) is 0 Å². The minimum Gasteiger partial charge on any atom is -0.349 e. The van der Waals surface area contributed by atoms with E-state index >= 15 is 0 Å². The number of rotatable bonds is 4. The predicted octanol–water partition coefficient (Wildman–Crippen LogP) is 2.93. The van der Waals surface area contributed by atoms with Gasteiger partial charge in [-0.05, 0) is 30.5 Å². The van der Waals surface area contributed by atoms with Gasteiger partial charge in [-0.1, -0.05) is 30.3 Å². The van der Waals surface area contributed by atoms with Crippen LogP contribution < -0.4 is 5.32 Å². The molecule has 1 fully saturated rings. The first-order chi connectivity index (χ1) is 12.5. The van der Waals surface area contributed by atoms with Gasteiger partial charge in [0.15, 0.2) is 0 Å². The van der Waals surface area contributed by atoms with Gasteiger partial charge in [0.2, 0.25) is 5.91 Å². The number of halogens is 2. The third-order valence-electron chi connectivity index (χ3n) is 4.56. The Hall–Kier alpha value is -2.76. The smallest absolute Gasteiger partial charge is 0.254 e. The first-order valence-electron chi connectivity index (χ1n) is 8.60. The molecule has 26 heavy (non-hydrogen) atoms. The zero-order valence-electron chi connectivity index (χ0n) is 14.3. The fourth-order valence-electron chi connectivity index (χ4n) is 3.09. The second kappa shape index (κ2) is 8.08. The molecule has 4 nitrogen and oxygen atoms in total. The van der Waals surface area contributed by atoms with E-state index in [2.05, 4.69) is 5.32 Å². The Morgan fingerprint density at radius 2 is 1.73 bits per heavy atom. The van der Waals surface area contributed by atoms with Gasteiger partial charge in [0.05, 0.1) is 12.0 Å². The molecule has 0 atom stereocenters.